The van der Waals surface area contributed by atoms with E-state index >= 15 is 0 Å². The minimum absolute atomic E-state index is 0.00432. The van der Waals surface area contributed by atoms with Crippen molar-refractivity contribution < 1.29 is 46.5 Å². The number of pyridine rings is 1. The maximum absolute atomic E-state index is 14.6. The zero-order valence-corrected chi connectivity index (χ0v) is 35.5. The van der Waals surface area contributed by atoms with Crippen molar-refractivity contribution in [1.82, 2.24) is 25.2 Å². The van der Waals surface area contributed by atoms with E-state index < -0.39 is 79.7 Å². The van der Waals surface area contributed by atoms with E-state index in [2.05, 4.69) is 21.9 Å². The summed E-state index contributed by atoms with van der Waals surface area (Å²) in [5.74, 6) is -2.05. The molecule has 3 N–H and O–H groups in total. The molecule has 2 aliphatic carbocycles. The molecule has 16 heteroatoms. The molecule has 1 aliphatic heterocycles. The second-order valence-corrected chi connectivity index (χ2v) is 19.0. The molecule has 2 saturated carbocycles. The van der Waals surface area contributed by atoms with Crippen molar-refractivity contribution in [2.75, 3.05) is 27.4 Å². The molecule has 0 bridgehead atoms. The highest BCUT2D eigenvalue weighted by Crippen LogP contribution is 2.49. The summed E-state index contributed by atoms with van der Waals surface area (Å²) in [7, 11) is -1.08. The molecule has 318 valence electrons. The molecular formula is C43H55N5O10S. The second kappa shape index (κ2) is 16.8. The van der Waals surface area contributed by atoms with Gasteiger partial charge in [-0.05, 0) is 64.5 Å². The van der Waals surface area contributed by atoms with Gasteiger partial charge in [-0.15, -0.1) is 6.58 Å². The van der Waals surface area contributed by atoms with Gasteiger partial charge in [0, 0.05) is 49.1 Å². The third-order valence-corrected chi connectivity index (χ3v) is 13.4. The van der Waals surface area contributed by atoms with E-state index in [1.165, 1.54) is 18.1 Å². The normalized spacial score (nSPS) is 22.6. The number of alkyl carbamates (subject to hydrolysis) is 1. The summed E-state index contributed by atoms with van der Waals surface area (Å²) in [6, 6.07) is 14.5. The number of hydrogen-bond acceptors (Lipinski definition) is 11. The van der Waals surface area contributed by atoms with Crippen LogP contribution in [0.15, 0.2) is 67.3 Å². The van der Waals surface area contributed by atoms with Gasteiger partial charge in [-0.2, -0.15) is 0 Å². The average Bonchev–Trinajstić information content (AvgIpc) is 4.09. The molecule has 5 atom stereocenters. The van der Waals surface area contributed by atoms with Gasteiger partial charge < -0.3 is 34.5 Å². The topological polar surface area (TPSA) is 192 Å². The average molecular weight is 834 g/mol. The zero-order chi connectivity index (χ0) is 42.9. The van der Waals surface area contributed by atoms with Crippen LogP contribution in [-0.2, 0) is 33.9 Å². The number of amides is 4. The van der Waals surface area contributed by atoms with Gasteiger partial charge in [0.25, 0.3) is 5.91 Å². The van der Waals surface area contributed by atoms with Crippen LogP contribution in [0.25, 0.3) is 22.2 Å². The number of hydrogen-bond donors (Lipinski definition) is 3. The van der Waals surface area contributed by atoms with E-state index in [4.69, 9.17) is 23.9 Å². The molecule has 0 radical (unpaired) electrons. The number of rotatable bonds is 16. The van der Waals surface area contributed by atoms with Crippen LogP contribution >= 0.6 is 0 Å². The predicted molar refractivity (Wildman–Crippen MR) is 221 cm³/mol. The van der Waals surface area contributed by atoms with Gasteiger partial charge in [0.2, 0.25) is 21.8 Å². The van der Waals surface area contributed by atoms with E-state index in [0.29, 0.717) is 40.9 Å². The Morgan fingerprint density at radius 2 is 1.76 bits per heavy atom. The summed E-state index contributed by atoms with van der Waals surface area (Å²) in [4.78, 5) is 62.2. The number of methoxy groups -OCH3 is 2. The van der Waals surface area contributed by atoms with Crippen molar-refractivity contribution in [3.05, 3.63) is 67.3 Å². The number of likely N-dealkylation sites (tertiary alicyclic amines) is 1. The van der Waals surface area contributed by atoms with E-state index in [9.17, 15) is 27.6 Å². The summed E-state index contributed by atoms with van der Waals surface area (Å²) in [5, 5.41) is 6.20. The molecular weight excluding hydrogens is 779 g/mol. The first-order chi connectivity index (χ1) is 27.9. The minimum Gasteiger partial charge on any atom is -0.497 e. The fourth-order valence-electron chi connectivity index (χ4n) is 7.58. The van der Waals surface area contributed by atoms with Crippen molar-refractivity contribution in [1.29, 1.82) is 0 Å². The van der Waals surface area contributed by atoms with Crippen LogP contribution in [0.3, 0.4) is 0 Å². The van der Waals surface area contributed by atoms with Crippen LogP contribution in [0.5, 0.6) is 11.5 Å². The maximum Gasteiger partial charge on any atom is 0.408 e. The first kappa shape index (κ1) is 43.4. The van der Waals surface area contributed by atoms with Crippen LogP contribution < -0.4 is 24.8 Å². The van der Waals surface area contributed by atoms with Gasteiger partial charge in [-0.3, -0.25) is 19.1 Å². The lowest BCUT2D eigenvalue weighted by molar-refractivity contribution is -0.141. The summed E-state index contributed by atoms with van der Waals surface area (Å²) in [6.07, 6.45) is 1.06. The van der Waals surface area contributed by atoms with Gasteiger partial charge in [-0.1, -0.05) is 50.3 Å². The van der Waals surface area contributed by atoms with Crippen molar-refractivity contribution in [3.8, 4) is 22.8 Å². The monoisotopic (exact) mass is 833 g/mol. The predicted octanol–water partition coefficient (Wildman–Crippen LogP) is 4.88. The molecule has 59 heavy (non-hydrogen) atoms. The summed E-state index contributed by atoms with van der Waals surface area (Å²) in [5.41, 5.74) is -0.381. The van der Waals surface area contributed by atoms with Gasteiger partial charge >= 0.3 is 6.09 Å². The minimum atomic E-state index is -4.12. The number of nitrogens with one attached hydrogen (secondary N) is 3. The first-order valence-electron chi connectivity index (χ1n) is 19.9. The molecule has 1 aromatic heterocycles. The highest BCUT2D eigenvalue weighted by molar-refractivity contribution is 7.91. The lowest BCUT2D eigenvalue weighted by atomic mass is 10.0. The Labute approximate surface area is 345 Å². The third-order valence-electron chi connectivity index (χ3n) is 11.2. The van der Waals surface area contributed by atoms with Crippen LogP contribution in [0.2, 0.25) is 0 Å². The Morgan fingerprint density at radius 1 is 1.05 bits per heavy atom. The van der Waals surface area contributed by atoms with Crippen LogP contribution in [0.4, 0.5) is 4.79 Å². The van der Waals surface area contributed by atoms with Crippen LogP contribution in [0, 0.1) is 11.8 Å². The first-order valence-corrected chi connectivity index (χ1v) is 21.4. The van der Waals surface area contributed by atoms with Crippen molar-refractivity contribution in [2.45, 2.75) is 101 Å². The standard InChI is InChI=1S/C43H55N5O10S/c1-9-28-24-43(28,39(51)47-59(53,54)42(17-18-42)19-20-55-7)46-37(49)34-22-30(25-48(34)38(50)36(26(2)3)45-40(52)58-41(4,5)6)57-35-23-32(27-13-11-10-12-14-27)44-33-21-29(56-8)15-16-31(33)35/h9-16,21,23,26,28,30,34,36H,1,17-20,22,24-25H2,2-8H3,(H,45,52)(H,46,49)(H,47,51)/t28-,30+,34-,36-,43+/m0/s1. The summed E-state index contributed by atoms with van der Waals surface area (Å²) >= 11 is 0. The number of benzene rings is 2. The molecule has 15 nitrogen and oxygen atoms in total. The number of aromatic nitrogens is 1. The lowest BCUT2D eigenvalue weighted by Crippen LogP contribution is -2.59. The highest BCUT2D eigenvalue weighted by Gasteiger charge is 2.63. The quantitative estimate of drug-likeness (QED) is 0.167. The molecule has 0 unspecified atom stereocenters. The van der Waals surface area contributed by atoms with Gasteiger partial charge in [0.1, 0.15) is 40.8 Å². The van der Waals surface area contributed by atoms with Crippen molar-refractivity contribution in [3.63, 3.8) is 0 Å². The van der Waals surface area contributed by atoms with Gasteiger partial charge in [0.15, 0.2) is 0 Å². The Morgan fingerprint density at radius 3 is 2.36 bits per heavy atom. The molecule has 3 aromatic rings. The maximum atomic E-state index is 14.6. The number of carbonyl (C=O) groups excluding carboxylic acids is 4. The number of sulfonamides is 1. The molecule has 0 spiro atoms. The summed E-state index contributed by atoms with van der Waals surface area (Å²) < 4.78 is 50.9. The molecule has 6 rings (SSSR count). The summed E-state index contributed by atoms with van der Waals surface area (Å²) in [6.45, 7) is 12.6. The molecule has 4 amide bonds. The fraction of sp³-hybridized carbons (Fsp3) is 0.512. The van der Waals surface area contributed by atoms with Crippen molar-refractivity contribution in [2.24, 2.45) is 11.8 Å². The third kappa shape index (κ3) is 9.33. The van der Waals surface area contributed by atoms with E-state index in [0.717, 1.165) is 5.56 Å². The lowest BCUT2D eigenvalue weighted by Gasteiger charge is -2.31. The fourth-order valence-corrected chi connectivity index (χ4v) is 9.21. The molecule has 1 saturated heterocycles. The van der Waals surface area contributed by atoms with Crippen molar-refractivity contribution >= 4 is 44.7 Å². The molecule has 3 aliphatic rings. The smallest absolute Gasteiger partial charge is 0.408 e. The Hall–Kier alpha value is -5.22. The van der Waals surface area contributed by atoms with E-state index in [1.54, 1.807) is 53.9 Å². The highest BCUT2D eigenvalue weighted by atomic mass is 32.2. The van der Waals surface area contributed by atoms with E-state index in [-0.39, 0.29) is 32.4 Å². The Bertz CT molecular complexity index is 2200. The Kier molecular flexibility index (Phi) is 12.3. The molecule has 3 fully saturated rings. The second-order valence-electron chi connectivity index (χ2n) is 17.0. The van der Waals surface area contributed by atoms with E-state index in [1.807, 2.05) is 42.5 Å². The van der Waals surface area contributed by atoms with Crippen LogP contribution in [0.1, 0.15) is 66.7 Å². The largest absolute Gasteiger partial charge is 0.497 e. The SMILES string of the molecule is C=C[C@H]1C[C@]1(NC(=O)[C@@H]1C[C@@H](Oc2cc(-c3ccccc3)nc3cc(OC)ccc23)CN1C(=O)[C@@H](NC(=O)OC(C)(C)C)C(C)C)C(=O)NS(=O)(=O)C1(CCOC)CC1. The van der Waals surface area contributed by atoms with Crippen LogP contribution in [-0.4, -0.2) is 104 Å². The Balaban J connectivity index is 1.32. The number of nitrogens with zero attached hydrogens (tertiary/aromatic N) is 2. The number of fused-ring (bicyclic) bond motifs is 1. The van der Waals surface area contributed by atoms with Gasteiger partial charge in [-0.25, -0.2) is 18.2 Å². The zero-order valence-electron chi connectivity index (χ0n) is 34.7. The molecule has 2 aromatic carbocycles. The number of carbonyl (C=O) groups is 4. The van der Waals surface area contributed by atoms with Gasteiger partial charge in [0.05, 0.1) is 29.6 Å². The molecule has 2 heterocycles. The number of ether oxygens (including phenoxy) is 4.